The third-order valence-electron chi connectivity index (χ3n) is 7.45. The standard InChI is InChI=1S/C31H27BrN4O4/c1-18-14-20(17-40-22-12-10-21(32)11-13-22)19(2)23(15-18)29-24(16-33)31(34)35(27-8-5-9-28(37)30(27)29)25-6-3-4-7-26(25)36(38)39/h3-4,6-7,10-15,29H,5,8-9,17,34H2,1-2H3. The van der Waals surface area contributed by atoms with Gasteiger partial charge in [-0.05, 0) is 73.7 Å². The Morgan fingerprint density at radius 1 is 1.15 bits per heavy atom. The zero-order valence-corrected chi connectivity index (χ0v) is 23.7. The van der Waals surface area contributed by atoms with E-state index < -0.39 is 10.8 Å². The van der Waals surface area contributed by atoms with Crippen molar-refractivity contribution in [1.82, 2.24) is 0 Å². The molecule has 0 fully saturated rings. The van der Waals surface area contributed by atoms with E-state index in [1.54, 1.807) is 23.1 Å². The number of anilines is 1. The van der Waals surface area contributed by atoms with E-state index in [0.29, 0.717) is 37.1 Å². The highest BCUT2D eigenvalue weighted by molar-refractivity contribution is 9.10. The summed E-state index contributed by atoms with van der Waals surface area (Å²) in [6.07, 6.45) is 1.44. The number of hydrogen-bond acceptors (Lipinski definition) is 7. The van der Waals surface area contributed by atoms with Crippen molar-refractivity contribution in [1.29, 1.82) is 5.26 Å². The number of halogens is 1. The smallest absolute Gasteiger partial charge is 0.293 e. The van der Waals surface area contributed by atoms with Gasteiger partial charge in [0.2, 0.25) is 0 Å². The molecule has 0 amide bonds. The van der Waals surface area contributed by atoms with Crippen LogP contribution in [0.1, 0.15) is 47.4 Å². The van der Waals surface area contributed by atoms with Gasteiger partial charge in [-0.15, -0.1) is 0 Å². The van der Waals surface area contributed by atoms with Crippen molar-refractivity contribution in [2.75, 3.05) is 4.90 Å². The van der Waals surface area contributed by atoms with Crippen LogP contribution in [0.5, 0.6) is 5.75 Å². The topological polar surface area (TPSA) is 122 Å². The quantitative estimate of drug-likeness (QED) is 0.243. The molecule has 1 aliphatic heterocycles. The average molecular weight is 599 g/mol. The van der Waals surface area contributed by atoms with Gasteiger partial charge in [0.15, 0.2) is 5.78 Å². The summed E-state index contributed by atoms with van der Waals surface area (Å²) in [5.74, 6) is 0.0587. The molecular weight excluding hydrogens is 572 g/mol. The SMILES string of the molecule is Cc1cc(COc2ccc(Br)cc2)c(C)c(C2C(C#N)=C(N)N(c3ccccc3[N+](=O)[O-])C3=C2C(=O)CCC3)c1. The zero-order chi connectivity index (χ0) is 28.6. The largest absolute Gasteiger partial charge is 0.489 e. The summed E-state index contributed by atoms with van der Waals surface area (Å²) in [5, 5.41) is 22.3. The van der Waals surface area contributed by atoms with Gasteiger partial charge in [0.1, 0.15) is 23.9 Å². The van der Waals surface area contributed by atoms with Crippen LogP contribution >= 0.6 is 15.9 Å². The number of ketones is 1. The lowest BCUT2D eigenvalue weighted by molar-refractivity contribution is -0.384. The van der Waals surface area contributed by atoms with Gasteiger partial charge >= 0.3 is 0 Å². The van der Waals surface area contributed by atoms with Crippen LogP contribution in [0.2, 0.25) is 0 Å². The van der Waals surface area contributed by atoms with Gasteiger partial charge in [-0.2, -0.15) is 5.26 Å². The maximum Gasteiger partial charge on any atom is 0.293 e. The molecule has 5 rings (SSSR count). The normalized spacial score (nSPS) is 17.0. The van der Waals surface area contributed by atoms with Gasteiger partial charge in [-0.3, -0.25) is 19.8 Å². The first-order valence-electron chi connectivity index (χ1n) is 12.9. The Kier molecular flexibility index (Phi) is 7.46. The molecule has 1 heterocycles. The number of nitro groups is 1. The molecule has 3 aromatic rings. The number of nitriles is 1. The van der Waals surface area contributed by atoms with Crippen molar-refractivity contribution >= 4 is 33.1 Å². The number of nitrogens with two attached hydrogens (primary N) is 1. The van der Waals surface area contributed by atoms with Crippen LogP contribution in [0.3, 0.4) is 0 Å². The van der Waals surface area contributed by atoms with Crippen LogP contribution in [-0.2, 0) is 11.4 Å². The molecule has 8 nitrogen and oxygen atoms in total. The highest BCUT2D eigenvalue weighted by Gasteiger charge is 2.42. The molecule has 1 unspecified atom stereocenters. The van der Waals surface area contributed by atoms with E-state index in [4.69, 9.17) is 10.5 Å². The van der Waals surface area contributed by atoms with E-state index in [1.807, 2.05) is 50.2 Å². The summed E-state index contributed by atoms with van der Waals surface area (Å²) < 4.78 is 7.02. The van der Waals surface area contributed by atoms with Crippen molar-refractivity contribution in [3.8, 4) is 11.8 Å². The van der Waals surface area contributed by atoms with E-state index >= 15 is 0 Å². The van der Waals surface area contributed by atoms with Gasteiger partial charge in [-0.1, -0.05) is 45.8 Å². The third kappa shape index (κ3) is 4.87. The predicted octanol–water partition coefficient (Wildman–Crippen LogP) is 6.86. The minimum atomic E-state index is -0.682. The molecule has 0 spiro atoms. The molecule has 1 aliphatic carbocycles. The lowest BCUT2D eigenvalue weighted by Crippen LogP contribution is -2.39. The number of nitrogens with zero attached hydrogens (tertiary/aromatic N) is 3. The Labute approximate surface area is 240 Å². The van der Waals surface area contributed by atoms with E-state index in [2.05, 4.69) is 22.0 Å². The highest BCUT2D eigenvalue weighted by Crippen LogP contribution is 2.48. The van der Waals surface area contributed by atoms with Gasteiger partial charge < -0.3 is 10.5 Å². The number of para-hydroxylation sites is 2. The average Bonchev–Trinajstić information content (AvgIpc) is 2.93. The molecule has 2 aliphatic rings. The van der Waals surface area contributed by atoms with Crippen molar-refractivity contribution in [2.24, 2.45) is 5.73 Å². The molecule has 9 heteroatoms. The molecule has 0 saturated carbocycles. The van der Waals surface area contributed by atoms with E-state index in [1.165, 1.54) is 6.07 Å². The second-order valence-electron chi connectivity index (χ2n) is 9.94. The van der Waals surface area contributed by atoms with Gasteiger partial charge in [0.05, 0.1) is 22.5 Å². The van der Waals surface area contributed by atoms with Crippen molar-refractivity contribution in [3.05, 3.63) is 120 Å². The number of hydrogen-bond donors (Lipinski definition) is 1. The lowest BCUT2D eigenvalue weighted by Gasteiger charge is -2.39. The summed E-state index contributed by atoms with van der Waals surface area (Å²) >= 11 is 3.43. The van der Waals surface area contributed by atoms with Crippen molar-refractivity contribution in [3.63, 3.8) is 0 Å². The lowest BCUT2D eigenvalue weighted by atomic mass is 9.73. The number of benzene rings is 3. The monoisotopic (exact) mass is 598 g/mol. The summed E-state index contributed by atoms with van der Waals surface area (Å²) in [7, 11) is 0. The van der Waals surface area contributed by atoms with E-state index in [0.717, 1.165) is 32.5 Å². The second kappa shape index (κ2) is 11.0. The molecule has 2 N–H and O–H groups in total. The molecule has 0 bridgehead atoms. The van der Waals surface area contributed by atoms with Crippen LogP contribution in [-0.4, -0.2) is 10.7 Å². The minimum Gasteiger partial charge on any atom is -0.489 e. The molecule has 1 atom stereocenters. The zero-order valence-electron chi connectivity index (χ0n) is 22.1. The summed E-state index contributed by atoms with van der Waals surface area (Å²) in [5.41, 5.74) is 11.6. The van der Waals surface area contributed by atoms with Gasteiger partial charge in [-0.25, -0.2) is 0 Å². The fourth-order valence-corrected chi connectivity index (χ4v) is 5.85. The third-order valence-corrected chi connectivity index (χ3v) is 7.98. The number of carbonyl (C=O) groups excluding carboxylic acids is 1. The maximum absolute atomic E-state index is 13.6. The second-order valence-corrected chi connectivity index (χ2v) is 10.9. The number of Topliss-reactive ketones (excluding diaryl/α,β-unsaturated/α-hetero) is 1. The maximum atomic E-state index is 13.6. The fourth-order valence-electron chi connectivity index (χ4n) is 5.59. The Morgan fingerprint density at radius 3 is 2.58 bits per heavy atom. The molecule has 0 radical (unpaired) electrons. The molecule has 202 valence electrons. The minimum absolute atomic E-state index is 0.0800. The highest BCUT2D eigenvalue weighted by atomic mass is 79.9. The molecule has 0 aromatic heterocycles. The summed E-state index contributed by atoms with van der Waals surface area (Å²) in [4.78, 5) is 26.5. The van der Waals surface area contributed by atoms with Crippen LogP contribution in [0.25, 0.3) is 0 Å². The van der Waals surface area contributed by atoms with E-state index in [-0.39, 0.29) is 28.6 Å². The number of rotatable bonds is 6. The van der Waals surface area contributed by atoms with Crippen LogP contribution in [0.4, 0.5) is 11.4 Å². The molecule has 0 saturated heterocycles. The first-order chi connectivity index (χ1) is 19.2. The van der Waals surface area contributed by atoms with Crippen LogP contribution < -0.4 is 15.4 Å². The molecular formula is C31H27BrN4O4. The molecule has 40 heavy (non-hydrogen) atoms. The number of allylic oxidation sites excluding steroid dienone is 3. The number of nitro benzene ring substituents is 1. The van der Waals surface area contributed by atoms with Crippen molar-refractivity contribution < 1.29 is 14.5 Å². The van der Waals surface area contributed by atoms with Gasteiger partial charge in [0, 0.05) is 28.2 Å². The number of carbonyl (C=O) groups is 1. The summed E-state index contributed by atoms with van der Waals surface area (Å²) in [6, 6.07) is 20.1. The number of ether oxygens (including phenoxy) is 1. The Bertz CT molecular complexity index is 1640. The van der Waals surface area contributed by atoms with Crippen LogP contribution in [0.15, 0.2) is 87.8 Å². The summed E-state index contributed by atoms with van der Waals surface area (Å²) in [6.45, 7) is 4.23. The van der Waals surface area contributed by atoms with E-state index in [9.17, 15) is 20.2 Å². The fraction of sp³-hybridized carbons (Fsp3) is 0.226. The van der Waals surface area contributed by atoms with Crippen LogP contribution in [0, 0.1) is 35.3 Å². The van der Waals surface area contributed by atoms with Gasteiger partial charge in [0.25, 0.3) is 5.69 Å². The first-order valence-corrected chi connectivity index (χ1v) is 13.7. The Morgan fingerprint density at radius 2 is 1.88 bits per heavy atom. The Balaban J connectivity index is 1.66. The molecule has 3 aromatic carbocycles. The number of aryl methyl sites for hydroxylation is 1. The predicted molar refractivity (Wildman–Crippen MR) is 155 cm³/mol. The van der Waals surface area contributed by atoms with Crippen molar-refractivity contribution in [2.45, 2.75) is 45.6 Å². The Hall–Kier alpha value is -4.42. The first kappa shape index (κ1) is 27.2.